The Kier molecular flexibility index (Phi) is 8.89. The first-order chi connectivity index (χ1) is 20.1. The van der Waals surface area contributed by atoms with E-state index in [1.165, 1.54) is 23.5 Å². The molecule has 1 atom stereocenters. The number of carbonyl (C=O) groups excluding carboxylic acids is 1. The highest BCUT2D eigenvalue weighted by molar-refractivity contribution is 7.99. The summed E-state index contributed by atoms with van der Waals surface area (Å²) in [5, 5.41) is 2.76. The molecule has 1 unspecified atom stereocenters. The van der Waals surface area contributed by atoms with Crippen LogP contribution in [0.5, 0.6) is 5.75 Å². The Hall–Kier alpha value is -3.82. The van der Waals surface area contributed by atoms with Crippen LogP contribution in [0.3, 0.4) is 0 Å². The van der Waals surface area contributed by atoms with E-state index in [2.05, 4.69) is 24.3 Å². The average Bonchev–Trinajstić information content (AvgIpc) is 3.36. The molecule has 0 saturated heterocycles. The molecule has 9 heteroatoms. The second-order valence-electron chi connectivity index (χ2n) is 9.63. The first-order valence-corrected chi connectivity index (χ1v) is 15.0. The lowest BCUT2D eigenvalue weighted by Gasteiger charge is -2.19. The van der Waals surface area contributed by atoms with Gasteiger partial charge in [-0.2, -0.15) is 13.2 Å². The van der Waals surface area contributed by atoms with Crippen LogP contribution < -0.4 is 4.74 Å². The van der Waals surface area contributed by atoms with E-state index in [9.17, 15) is 18.0 Å². The SMILES string of the molecule is CCOC(=O)COc1ccc(SC(c2sc(-c3ccc(C(F)(F)F)cc3)nc2C)c2cccc3ccccc23)cc1C. The Labute approximate surface area is 250 Å². The van der Waals surface area contributed by atoms with Crippen molar-refractivity contribution in [3.63, 3.8) is 0 Å². The summed E-state index contributed by atoms with van der Waals surface area (Å²) in [6.07, 6.45) is -4.39. The molecule has 0 saturated carbocycles. The van der Waals surface area contributed by atoms with E-state index in [-0.39, 0.29) is 11.9 Å². The fraction of sp³-hybridized carbons (Fsp3) is 0.212. The van der Waals surface area contributed by atoms with Gasteiger partial charge in [-0.15, -0.1) is 23.1 Å². The number of carbonyl (C=O) groups is 1. The van der Waals surface area contributed by atoms with E-state index in [0.717, 1.165) is 49.5 Å². The summed E-state index contributed by atoms with van der Waals surface area (Å²) < 4.78 is 50.0. The molecule has 0 aliphatic heterocycles. The highest BCUT2D eigenvalue weighted by atomic mass is 32.2. The second-order valence-corrected chi connectivity index (χ2v) is 11.8. The Balaban J connectivity index is 1.52. The zero-order chi connectivity index (χ0) is 29.9. The quantitative estimate of drug-likeness (QED) is 0.123. The minimum absolute atomic E-state index is 0.137. The van der Waals surface area contributed by atoms with Crippen molar-refractivity contribution in [3.8, 4) is 16.3 Å². The van der Waals surface area contributed by atoms with E-state index in [1.807, 2.05) is 50.2 Å². The maximum Gasteiger partial charge on any atom is 0.416 e. The van der Waals surface area contributed by atoms with Gasteiger partial charge in [0.05, 0.1) is 23.1 Å². The zero-order valence-electron chi connectivity index (χ0n) is 23.2. The summed E-state index contributed by atoms with van der Waals surface area (Å²) in [7, 11) is 0. The molecule has 0 N–H and O–H groups in total. The van der Waals surface area contributed by atoms with Gasteiger partial charge in [0.25, 0.3) is 0 Å². The lowest BCUT2D eigenvalue weighted by atomic mass is 10.0. The fourth-order valence-corrected chi connectivity index (χ4v) is 7.28. The topological polar surface area (TPSA) is 48.4 Å². The van der Waals surface area contributed by atoms with Crippen molar-refractivity contribution >= 4 is 39.8 Å². The van der Waals surface area contributed by atoms with Crippen molar-refractivity contribution in [2.24, 2.45) is 0 Å². The number of halogens is 3. The molecular formula is C33H28F3NO3S2. The molecule has 0 amide bonds. The first kappa shape index (κ1) is 29.7. The number of fused-ring (bicyclic) bond motifs is 1. The summed E-state index contributed by atoms with van der Waals surface area (Å²) in [5.41, 5.74) is 2.78. The zero-order valence-corrected chi connectivity index (χ0v) is 24.8. The van der Waals surface area contributed by atoms with Crippen LogP contribution in [0, 0.1) is 13.8 Å². The monoisotopic (exact) mass is 607 g/mol. The van der Waals surface area contributed by atoms with Crippen LogP contribution in [0.1, 0.15) is 39.4 Å². The van der Waals surface area contributed by atoms with Gasteiger partial charge in [-0.25, -0.2) is 9.78 Å². The third kappa shape index (κ3) is 6.63. The second kappa shape index (κ2) is 12.6. The molecule has 0 aliphatic carbocycles. The van der Waals surface area contributed by atoms with E-state index >= 15 is 0 Å². The molecule has 5 rings (SSSR count). The predicted molar refractivity (Wildman–Crippen MR) is 162 cm³/mol. The van der Waals surface area contributed by atoms with Gasteiger partial charge >= 0.3 is 12.1 Å². The Morgan fingerprint density at radius 3 is 2.43 bits per heavy atom. The number of hydrogen-bond acceptors (Lipinski definition) is 6. The van der Waals surface area contributed by atoms with Crippen molar-refractivity contribution in [1.82, 2.24) is 4.98 Å². The van der Waals surface area contributed by atoms with Crippen molar-refractivity contribution in [3.05, 3.63) is 112 Å². The van der Waals surface area contributed by atoms with Gasteiger partial charge in [-0.1, -0.05) is 54.6 Å². The van der Waals surface area contributed by atoms with Crippen LogP contribution in [0.4, 0.5) is 13.2 Å². The predicted octanol–water partition coefficient (Wildman–Crippen LogP) is 9.42. The van der Waals surface area contributed by atoms with Gasteiger partial charge in [0.2, 0.25) is 0 Å². The van der Waals surface area contributed by atoms with Crippen molar-refractivity contribution in [2.75, 3.05) is 13.2 Å². The standard InChI is InChI=1S/C33H28F3NO3S2/c1-4-39-29(38)19-40-28-17-16-25(18-20(28)2)41-31(27-11-7-9-22-8-5-6-10-26(22)27)30-21(3)37-32(42-30)23-12-14-24(15-13-23)33(34,35)36/h5-18,31H,4,19H2,1-3H3. The van der Waals surface area contributed by atoms with Gasteiger partial charge in [-0.3, -0.25) is 0 Å². The summed E-state index contributed by atoms with van der Waals surface area (Å²) >= 11 is 3.16. The molecule has 1 aromatic heterocycles. The average molecular weight is 608 g/mol. The van der Waals surface area contributed by atoms with Gasteiger partial charge in [0.1, 0.15) is 10.8 Å². The molecular weight excluding hydrogens is 579 g/mol. The minimum Gasteiger partial charge on any atom is -0.482 e. The van der Waals surface area contributed by atoms with Crippen LogP contribution in [0.15, 0.2) is 89.8 Å². The molecule has 0 spiro atoms. The Morgan fingerprint density at radius 2 is 1.71 bits per heavy atom. The van der Waals surface area contributed by atoms with E-state index in [0.29, 0.717) is 22.9 Å². The number of aryl methyl sites for hydroxylation is 2. The number of thiazole rings is 1. The number of rotatable bonds is 9. The van der Waals surface area contributed by atoms with Crippen molar-refractivity contribution < 1.29 is 27.4 Å². The number of alkyl halides is 3. The summed E-state index contributed by atoms with van der Waals surface area (Å²) in [6.45, 7) is 5.75. The van der Waals surface area contributed by atoms with E-state index in [1.54, 1.807) is 18.7 Å². The molecule has 0 aliphatic rings. The molecule has 0 fully saturated rings. The number of benzene rings is 4. The molecule has 4 nitrogen and oxygen atoms in total. The van der Waals surface area contributed by atoms with Crippen LogP contribution in [0.25, 0.3) is 21.3 Å². The maximum atomic E-state index is 13.1. The number of esters is 1. The highest BCUT2D eigenvalue weighted by Crippen LogP contribution is 2.48. The number of aromatic nitrogens is 1. The highest BCUT2D eigenvalue weighted by Gasteiger charge is 2.30. The Bertz CT molecular complexity index is 1710. The number of thioether (sulfide) groups is 1. The lowest BCUT2D eigenvalue weighted by Crippen LogP contribution is -2.14. The number of hydrogen-bond donors (Lipinski definition) is 0. The molecule has 0 radical (unpaired) electrons. The molecule has 42 heavy (non-hydrogen) atoms. The van der Waals surface area contributed by atoms with Gasteiger partial charge in [-0.05, 0) is 73.0 Å². The maximum absolute atomic E-state index is 13.1. The molecule has 1 heterocycles. The first-order valence-electron chi connectivity index (χ1n) is 13.3. The largest absolute Gasteiger partial charge is 0.482 e. The van der Waals surface area contributed by atoms with Gasteiger partial charge < -0.3 is 9.47 Å². The van der Waals surface area contributed by atoms with Crippen LogP contribution >= 0.6 is 23.1 Å². The number of nitrogens with zero attached hydrogens (tertiary/aromatic N) is 1. The summed E-state index contributed by atoms with van der Waals surface area (Å²) in [6, 6.07) is 25.4. The van der Waals surface area contributed by atoms with Crippen LogP contribution in [-0.2, 0) is 15.7 Å². The molecule has 216 valence electrons. The Morgan fingerprint density at radius 1 is 0.976 bits per heavy atom. The fourth-order valence-electron chi connectivity index (χ4n) is 4.65. The third-order valence-corrected chi connectivity index (χ3v) is 9.36. The summed E-state index contributed by atoms with van der Waals surface area (Å²) in [4.78, 5) is 18.6. The minimum atomic E-state index is -4.39. The smallest absolute Gasteiger partial charge is 0.416 e. The van der Waals surface area contributed by atoms with Crippen molar-refractivity contribution in [2.45, 2.75) is 37.1 Å². The van der Waals surface area contributed by atoms with E-state index < -0.39 is 17.7 Å². The van der Waals surface area contributed by atoms with Crippen LogP contribution in [-0.4, -0.2) is 24.2 Å². The van der Waals surface area contributed by atoms with Crippen molar-refractivity contribution in [1.29, 1.82) is 0 Å². The van der Waals surface area contributed by atoms with Gasteiger partial charge in [0.15, 0.2) is 6.61 Å². The van der Waals surface area contributed by atoms with Gasteiger partial charge in [0, 0.05) is 15.3 Å². The van der Waals surface area contributed by atoms with Crippen LogP contribution in [0.2, 0.25) is 0 Å². The van der Waals surface area contributed by atoms with E-state index in [4.69, 9.17) is 14.5 Å². The summed E-state index contributed by atoms with van der Waals surface area (Å²) in [5.74, 6) is 0.184. The third-order valence-electron chi connectivity index (χ3n) is 6.69. The normalized spacial score (nSPS) is 12.3. The molecule has 4 aromatic carbocycles. The number of ether oxygens (including phenoxy) is 2. The molecule has 0 bridgehead atoms. The lowest BCUT2D eigenvalue weighted by molar-refractivity contribution is -0.145. The molecule has 5 aromatic rings.